The van der Waals surface area contributed by atoms with E-state index in [0.29, 0.717) is 12.0 Å². The molecule has 1 unspecified atom stereocenters. The fourth-order valence-electron chi connectivity index (χ4n) is 2.73. The van der Waals surface area contributed by atoms with Crippen molar-refractivity contribution < 1.29 is 4.74 Å². The van der Waals surface area contributed by atoms with E-state index in [2.05, 4.69) is 19.2 Å². The molecule has 0 aromatic carbocycles. The average Bonchev–Trinajstić information content (AvgIpc) is 2.95. The van der Waals surface area contributed by atoms with Gasteiger partial charge in [-0.3, -0.25) is 0 Å². The van der Waals surface area contributed by atoms with Crippen LogP contribution in [0.4, 0.5) is 0 Å². The van der Waals surface area contributed by atoms with Gasteiger partial charge >= 0.3 is 0 Å². The number of aromatic nitrogens is 1. The molecular weight excluding hydrogens is 268 g/mol. The van der Waals surface area contributed by atoms with Gasteiger partial charge in [0, 0.05) is 30.5 Å². The lowest BCUT2D eigenvalue weighted by atomic mass is 10.1. The Bertz CT molecular complexity index is 434. The molecule has 20 heavy (non-hydrogen) atoms. The summed E-state index contributed by atoms with van der Waals surface area (Å²) < 4.78 is 5.75. The van der Waals surface area contributed by atoms with Gasteiger partial charge in [0.25, 0.3) is 0 Å². The number of ether oxygens (including phenoxy) is 1. The highest BCUT2D eigenvalue weighted by Crippen LogP contribution is 2.27. The molecule has 2 aliphatic rings. The summed E-state index contributed by atoms with van der Waals surface area (Å²) in [5, 5.41) is 4.91. The van der Waals surface area contributed by atoms with E-state index < -0.39 is 0 Å². The van der Waals surface area contributed by atoms with Gasteiger partial charge in [0.1, 0.15) is 0 Å². The van der Waals surface area contributed by atoms with Crippen molar-refractivity contribution in [3.63, 3.8) is 0 Å². The topological polar surface area (TPSA) is 34.1 Å². The normalized spacial score (nSPS) is 22.9. The van der Waals surface area contributed by atoms with E-state index in [0.717, 1.165) is 32.0 Å². The predicted molar refractivity (Wildman–Crippen MR) is 83.2 cm³/mol. The summed E-state index contributed by atoms with van der Waals surface area (Å²) in [4.78, 5) is 6.37. The molecule has 3 rings (SSSR count). The molecule has 1 N–H and O–H groups in total. The standard InChI is InChI=1S/C16H26N2OS/c1-11(2)8-14-15(10-17-12-5-6-12)20-16(18-14)9-13-4-3-7-19-13/h11-13,17H,3-10H2,1-2H3. The molecule has 1 saturated heterocycles. The Kier molecular flexibility index (Phi) is 4.74. The summed E-state index contributed by atoms with van der Waals surface area (Å²) in [6.45, 7) is 6.50. The lowest BCUT2D eigenvalue weighted by molar-refractivity contribution is 0.111. The Morgan fingerprint density at radius 1 is 1.35 bits per heavy atom. The molecule has 4 heteroatoms. The summed E-state index contributed by atoms with van der Waals surface area (Å²) in [7, 11) is 0. The minimum atomic E-state index is 0.414. The third-order valence-electron chi connectivity index (χ3n) is 3.98. The van der Waals surface area contributed by atoms with Crippen LogP contribution in [0, 0.1) is 5.92 Å². The number of nitrogens with zero attached hydrogens (tertiary/aromatic N) is 1. The third-order valence-corrected chi connectivity index (χ3v) is 5.10. The molecule has 0 spiro atoms. The molecule has 0 radical (unpaired) electrons. The number of nitrogens with one attached hydrogen (secondary N) is 1. The predicted octanol–water partition coefficient (Wildman–Crippen LogP) is 3.32. The lowest BCUT2D eigenvalue weighted by Gasteiger charge is -2.05. The smallest absolute Gasteiger partial charge is 0.0957 e. The molecule has 1 saturated carbocycles. The molecule has 1 atom stereocenters. The summed E-state index contributed by atoms with van der Waals surface area (Å²) >= 11 is 1.90. The summed E-state index contributed by atoms with van der Waals surface area (Å²) in [5.74, 6) is 0.673. The van der Waals surface area contributed by atoms with Crippen molar-refractivity contribution in [2.45, 2.75) is 71.1 Å². The van der Waals surface area contributed by atoms with E-state index in [4.69, 9.17) is 9.72 Å². The van der Waals surface area contributed by atoms with Crippen molar-refractivity contribution >= 4 is 11.3 Å². The fraction of sp³-hybridized carbons (Fsp3) is 0.812. The molecule has 0 bridgehead atoms. The summed E-state index contributed by atoms with van der Waals surface area (Å²) in [5.41, 5.74) is 1.33. The zero-order valence-corrected chi connectivity index (χ0v) is 13.5. The Labute approximate surface area is 126 Å². The van der Waals surface area contributed by atoms with Gasteiger partial charge in [-0.05, 0) is 38.0 Å². The SMILES string of the molecule is CC(C)Cc1nc(CC2CCCO2)sc1CNC1CC1. The van der Waals surface area contributed by atoms with Gasteiger partial charge < -0.3 is 10.1 Å². The van der Waals surface area contributed by atoms with Crippen LogP contribution in [0.25, 0.3) is 0 Å². The van der Waals surface area contributed by atoms with Gasteiger partial charge in [-0.1, -0.05) is 13.8 Å². The Balaban J connectivity index is 1.65. The van der Waals surface area contributed by atoms with Gasteiger partial charge in [-0.2, -0.15) is 0 Å². The quantitative estimate of drug-likeness (QED) is 0.837. The molecular formula is C16H26N2OS. The van der Waals surface area contributed by atoms with Crippen LogP contribution in [0.1, 0.15) is 55.1 Å². The maximum Gasteiger partial charge on any atom is 0.0957 e. The minimum Gasteiger partial charge on any atom is -0.378 e. The second-order valence-electron chi connectivity index (χ2n) is 6.57. The van der Waals surface area contributed by atoms with Crippen LogP contribution < -0.4 is 5.32 Å². The molecule has 3 nitrogen and oxygen atoms in total. The van der Waals surface area contributed by atoms with Crippen molar-refractivity contribution in [2.24, 2.45) is 5.92 Å². The van der Waals surface area contributed by atoms with Gasteiger partial charge in [0.2, 0.25) is 0 Å². The molecule has 1 aliphatic heterocycles. The highest BCUT2D eigenvalue weighted by Gasteiger charge is 2.23. The largest absolute Gasteiger partial charge is 0.378 e. The summed E-state index contributed by atoms with van der Waals surface area (Å²) in [6, 6.07) is 0.769. The molecule has 2 fully saturated rings. The number of hydrogen-bond donors (Lipinski definition) is 1. The van der Waals surface area contributed by atoms with E-state index in [1.807, 2.05) is 11.3 Å². The van der Waals surface area contributed by atoms with Crippen molar-refractivity contribution in [2.75, 3.05) is 6.61 Å². The van der Waals surface area contributed by atoms with Crippen molar-refractivity contribution in [1.29, 1.82) is 0 Å². The number of thiazole rings is 1. The first-order chi connectivity index (χ1) is 9.70. The van der Waals surface area contributed by atoms with E-state index in [-0.39, 0.29) is 0 Å². The van der Waals surface area contributed by atoms with E-state index >= 15 is 0 Å². The average molecular weight is 294 g/mol. The number of rotatable bonds is 7. The van der Waals surface area contributed by atoms with Crippen LogP contribution in [0.3, 0.4) is 0 Å². The first-order valence-corrected chi connectivity index (χ1v) is 8.85. The third kappa shape index (κ3) is 4.03. The molecule has 112 valence electrons. The van der Waals surface area contributed by atoms with Crippen LogP contribution in [0.5, 0.6) is 0 Å². The van der Waals surface area contributed by atoms with Crippen LogP contribution in [-0.2, 0) is 24.1 Å². The van der Waals surface area contributed by atoms with E-state index in [9.17, 15) is 0 Å². The molecule has 2 heterocycles. The first-order valence-electron chi connectivity index (χ1n) is 8.03. The van der Waals surface area contributed by atoms with Crippen LogP contribution in [0.2, 0.25) is 0 Å². The first kappa shape index (κ1) is 14.5. The monoisotopic (exact) mass is 294 g/mol. The zero-order valence-electron chi connectivity index (χ0n) is 12.7. The minimum absolute atomic E-state index is 0.414. The Hall–Kier alpha value is -0.450. The molecule has 0 amide bonds. The second-order valence-corrected chi connectivity index (χ2v) is 7.74. The number of hydrogen-bond acceptors (Lipinski definition) is 4. The van der Waals surface area contributed by atoms with Crippen molar-refractivity contribution in [3.8, 4) is 0 Å². The second kappa shape index (κ2) is 6.54. The van der Waals surface area contributed by atoms with Crippen LogP contribution >= 0.6 is 11.3 Å². The van der Waals surface area contributed by atoms with Crippen LogP contribution in [0.15, 0.2) is 0 Å². The van der Waals surface area contributed by atoms with Gasteiger partial charge in [-0.15, -0.1) is 11.3 Å². The molecule has 1 aromatic rings. The van der Waals surface area contributed by atoms with E-state index in [1.54, 1.807) is 0 Å². The fourth-order valence-corrected chi connectivity index (χ4v) is 3.84. The van der Waals surface area contributed by atoms with Crippen molar-refractivity contribution in [3.05, 3.63) is 15.6 Å². The summed E-state index contributed by atoms with van der Waals surface area (Å²) in [6.07, 6.45) is 7.64. The zero-order chi connectivity index (χ0) is 13.9. The Morgan fingerprint density at radius 2 is 2.20 bits per heavy atom. The van der Waals surface area contributed by atoms with Gasteiger partial charge in [0.05, 0.1) is 16.8 Å². The molecule has 1 aromatic heterocycles. The van der Waals surface area contributed by atoms with E-state index in [1.165, 1.54) is 41.3 Å². The van der Waals surface area contributed by atoms with Gasteiger partial charge in [-0.25, -0.2) is 4.98 Å². The van der Waals surface area contributed by atoms with Crippen molar-refractivity contribution in [1.82, 2.24) is 10.3 Å². The van der Waals surface area contributed by atoms with Gasteiger partial charge in [0.15, 0.2) is 0 Å². The highest BCUT2D eigenvalue weighted by atomic mass is 32.1. The van der Waals surface area contributed by atoms with Crippen LogP contribution in [-0.4, -0.2) is 23.7 Å². The maximum atomic E-state index is 5.75. The Morgan fingerprint density at radius 3 is 2.85 bits per heavy atom. The maximum absolute atomic E-state index is 5.75. The highest BCUT2D eigenvalue weighted by molar-refractivity contribution is 7.11. The lowest BCUT2D eigenvalue weighted by Crippen LogP contribution is -2.15. The molecule has 1 aliphatic carbocycles.